The molecular weight excluding hydrogens is 247 g/mol. The minimum absolute atomic E-state index is 0.203. The van der Waals surface area contributed by atoms with Crippen molar-refractivity contribution in [1.29, 1.82) is 0 Å². The quantitative estimate of drug-likeness (QED) is 0.868. The third kappa shape index (κ3) is 3.42. The minimum Gasteiger partial charge on any atom is -0.481 e. The second-order valence-electron chi connectivity index (χ2n) is 4.01. The Hall–Kier alpha value is -2.14. The van der Waals surface area contributed by atoms with Gasteiger partial charge in [-0.05, 0) is 12.1 Å². The summed E-state index contributed by atoms with van der Waals surface area (Å²) in [6, 6.07) is 9.65. The molecule has 1 unspecified atom stereocenters. The van der Waals surface area contributed by atoms with E-state index in [0.29, 0.717) is 5.88 Å². The van der Waals surface area contributed by atoms with Crippen LogP contribution < -0.4 is 10.1 Å². The summed E-state index contributed by atoms with van der Waals surface area (Å²) in [7, 11) is 1.54. The number of anilines is 1. The van der Waals surface area contributed by atoms with Gasteiger partial charge in [0.05, 0.1) is 25.1 Å². The van der Waals surface area contributed by atoms with Crippen molar-refractivity contribution in [3.63, 3.8) is 0 Å². The molecular formula is C14H15FN2O2. The number of rotatable bonds is 5. The molecule has 2 N–H and O–H groups in total. The standard InChI is InChI=1S/C14H15FN2O2/c1-19-14-7-6-10(8-17-14)16-9-13(18)11-4-2-3-5-12(11)15/h2-8,13,16,18H,9H2,1H3. The van der Waals surface area contributed by atoms with Gasteiger partial charge in [0.15, 0.2) is 0 Å². The number of aromatic nitrogens is 1. The average Bonchev–Trinajstić information content (AvgIpc) is 2.46. The molecule has 0 saturated carbocycles. The van der Waals surface area contributed by atoms with E-state index >= 15 is 0 Å². The Bertz CT molecular complexity index is 531. The summed E-state index contributed by atoms with van der Waals surface area (Å²) in [5, 5.41) is 12.9. The topological polar surface area (TPSA) is 54.4 Å². The lowest BCUT2D eigenvalue weighted by atomic mass is 10.1. The van der Waals surface area contributed by atoms with Crippen LogP contribution >= 0.6 is 0 Å². The zero-order valence-corrected chi connectivity index (χ0v) is 10.5. The van der Waals surface area contributed by atoms with Crippen LogP contribution in [0, 0.1) is 5.82 Å². The van der Waals surface area contributed by atoms with Gasteiger partial charge in [-0.1, -0.05) is 18.2 Å². The molecule has 4 nitrogen and oxygen atoms in total. The number of aliphatic hydroxyl groups is 1. The summed E-state index contributed by atoms with van der Waals surface area (Å²) in [5.74, 6) is 0.102. The third-order valence-corrected chi connectivity index (χ3v) is 2.71. The number of hydrogen-bond acceptors (Lipinski definition) is 4. The maximum atomic E-state index is 13.4. The van der Waals surface area contributed by atoms with Crippen molar-refractivity contribution in [3.8, 4) is 5.88 Å². The molecule has 100 valence electrons. The zero-order valence-electron chi connectivity index (χ0n) is 10.5. The molecule has 5 heteroatoms. The lowest BCUT2D eigenvalue weighted by Crippen LogP contribution is -2.13. The second-order valence-corrected chi connectivity index (χ2v) is 4.01. The second kappa shape index (κ2) is 6.15. The molecule has 0 saturated heterocycles. The van der Waals surface area contributed by atoms with E-state index in [1.807, 2.05) is 0 Å². The summed E-state index contributed by atoms with van der Waals surface area (Å²) in [4.78, 5) is 4.02. The minimum atomic E-state index is -0.914. The maximum Gasteiger partial charge on any atom is 0.213 e. The molecule has 19 heavy (non-hydrogen) atoms. The van der Waals surface area contributed by atoms with Gasteiger partial charge in [-0.25, -0.2) is 9.37 Å². The molecule has 0 amide bonds. The van der Waals surface area contributed by atoms with Crippen molar-refractivity contribution in [2.75, 3.05) is 19.0 Å². The lowest BCUT2D eigenvalue weighted by Gasteiger charge is -2.13. The number of hydrogen-bond donors (Lipinski definition) is 2. The van der Waals surface area contributed by atoms with Crippen molar-refractivity contribution >= 4 is 5.69 Å². The number of nitrogens with one attached hydrogen (secondary N) is 1. The molecule has 2 aromatic rings. The molecule has 0 radical (unpaired) electrons. The number of methoxy groups -OCH3 is 1. The fraction of sp³-hybridized carbons (Fsp3) is 0.214. The molecule has 1 aromatic carbocycles. The molecule has 0 aliphatic rings. The third-order valence-electron chi connectivity index (χ3n) is 2.71. The SMILES string of the molecule is COc1ccc(NCC(O)c2ccccc2F)cn1. The van der Waals surface area contributed by atoms with Gasteiger partial charge in [0.1, 0.15) is 5.82 Å². The number of pyridine rings is 1. The van der Waals surface area contributed by atoms with Crippen LogP contribution in [0.25, 0.3) is 0 Å². The van der Waals surface area contributed by atoms with Gasteiger partial charge >= 0.3 is 0 Å². The van der Waals surface area contributed by atoms with Gasteiger partial charge in [0, 0.05) is 18.2 Å². The van der Waals surface area contributed by atoms with E-state index in [9.17, 15) is 9.50 Å². The average molecular weight is 262 g/mol. The predicted molar refractivity (Wildman–Crippen MR) is 70.6 cm³/mol. The van der Waals surface area contributed by atoms with Crippen LogP contribution in [0.2, 0.25) is 0 Å². The first-order valence-electron chi connectivity index (χ1n) is 5.87. The summed E-state index contributed by atoms with van der Waals surface area (Å²) in [6.45, 7) is 0.203. The van der Waals surface area contributed by atoms with Crippen LogP contribution in [0.4, 0.5) is 10.1 Å². The first kappa shape index (κ1) is 13.3. The predicted octanol–water partition coefficient (Wildman–Crippen LogP) is 2.37. The number of benzene rings is 1. The molecule has 0 bridgehead atoms. The summed E-state index contributed by atoms with van der Waals surface area (Å²) in [5.41, 5.74) is 1.01. The number of aliphatic hydroxyl groups excluding tert-OH is 1. The van der Waals surface area contributed by atoms with Gasteiger partial charge in [0.2, 0.25) is 5.88 Å². The van der Waals surface area contributed by atoms with Gasteiger partial charge in [-0.2, -0.15) is 0 Å². The molecule has 0 aliphatic carbocycles. The van der Waals surface area contributed by atoms with E-state index in [1.54, 1.807) is 36.5 Å². The lowest BCUT2D eigenvalue weighted by molar-refractivity contribution is 0.186. The fourth-order valence-electron chi connectivity index (χ4n) is 1.68. The highest BCUT2D eigenvalue weighted by atomic mass is 19.1. The molecule has 0 fully saturated rings. The van der Waals surface area contributed by atoms with Crippen LogP contribution in [0.1, 0.15) is 11.7 Å². The Balaban J connectivity index is 1.96. The Labute approximate surface area is 110 Å². The first-order valence-corrected chi connectivity index (χ1v) is 5.87. The van der Waals surface area contributed by atoms with E-state index in [1.165, 1.54) is 13.2 Å². The van der Waals surface area contributed by atoms with Crippen LogP contribution in [-0.4, -0.2) is 23.7 Å². The van der Waals surface area contributed by atoms with Gasteiger partial charge in [0.25, 0.3) is 0 Å². The van der Waals surface area contributed by atoms with Gasteiger partial charge < -0.3 is 15.2 Å². The van der Waals surface area contributed by atoms with E-state index < -0.39 is 11.9 Å². The Morgan fingerprint density at radius 1 is 1.32 bits per heavy atom. The number of halogens is 1. The van der Waals surface area contributed by atoms with Crippen LogP contribution in [0.5, 0.6) is 5.88 Å². The van der Waals surface area contributed by atoms with Crippen molar-refractivity contribution in [2.45, 2.75) is 6.10 Å². The van der Waals surface area contributed by atoms with E-state index in [4.69, 9.17) is 4.74 Å². The smallest absolute Gasteiger partial charge is 0.213 e. The van der Waals surface area contributed by atoms with Gasteiger partial charge in [-0.3, -0.25) is 0 Å². The monoisotopic (exact) mass is 262 g/mol. The van der Waals surface area contributed by atoms with Gasteiger partial charge in [-0.15, -0.1) is 0 Å². The van der Waals surface area contributed by atoms with Crippen molar-refractivity contribution < 1.29 is 14.2 Å². The zero-order chi connectivity index (χ0) is 13.7. The maximum absolute atomic E-state index is 13.4. The van der Waals surface area contributed by atoms with E-state index in [-0.39, 0.29) is 12.1 Å². The molecule has 1 heterocycles. The number of ether oxygens (including phenoxy) is 1. The summed E-state index contributed by atoms with van der Waals surface area (Å²) in [6.07, 6.45) is 0.677. The highest BCUT2D eigenvalue weighted by molar-refractivity contribution is 5.42. The van der Waals surface area contributed by atoms with Crippen LogP contribution in [0.15, 0.2) is 42.6 Å². The summed E-state index contributed by atoms with van der Waals surface area (Å²) >= 11 is 0. The van der Waals surface area contributed by atoms with Crippen molar-refractivity contribution in [2.24, 2.45) is 0 Å². The normalized spacial score (nSPS) is 11.9. The summed E-state index contributed by atoms with van der Waals surface area (Å²) < 4.78 is 18.4. The Morgan fingerprint density at radius 3 is 2.74 bits per heavy atom. The Kier molecular flexibility index (Phi) is 4.30. The van der Waals surface area contributed by atoms with E-state index in [0.717, 1.165) is 5.69 Å². The number of nitrogens with zero attached hydrogens (tertiary/aromatic N) is 1. The molecule has 1 atom stereocenters. The largest absolute Gasteiger partial charge is 0.481 e. The van der Waals surface area contributed by atoms with Crippen LogP contribution in [-0.2, 0) is 0 Å². The Morgan fingerprint density at radius 2 is 2.11 bits per heavy atom. The van der Waals surface area contributed by atoms with Crippen LogP contribution in [0.3, 0.4) is 0 Å². The highest BCUT2D eigenvalue weighted by Crippen LogP contribution is 2.18. The first-order chi connectivity index (χ1) is 9.20. The van der Waals surface area contributed by atoms with Crippen molar-refractivity contribution in [3.05, 3.63) is 54.0 Å². The fourth-order valence-corrected chi connectivity index (χ4v) is 1.68. The molecule has 1 aromatic heterocycles. The molecule has 0 spiro atoms. The molecule has 0 aliphatic heterocycles. The highest BCUT2D eigenvalue weighted by Gasteiger charge is 2.11. The van der Waals surface area contributed by atoms with E-state index in [2.05, 4.69) is 10.3 Å². The molecule has 2 rings (SSSR count). The van der Waals surface area contributed by atoms with Crippen molar-refractivity contribution in [1.82, 2.24) is 4.98 Å².